The molecule has 1 aliphatic rings. The van der Waals surface area contributed by atoms with Crippen LogP contribution >= 0.6 is 0 Å². The number of para-hydroxylation sites is 1. The van der Waals surface area contributed by atoms with Gasteiger partial charge in [0.15, 0.2) is 0 Å². The van der Waals surface area contributed by atoms with E-state index in [0.29, 0.717) is 11.1 Å². The molecule has 2 aromatic carbocycles. The Kier molecular flexibility index (Phi) is 3.69. The van der Waals surface area contributed by atoms with E-state index in [1.165, 1.54) is 0 Å². The van der Waals surface area contributed by atoms with E-state index in [0.717, 1.165) is 5.39 Å². The van der Waals surface area contributed by atoms with Crippen LogP contribution in [0.1, 0.15) is 17.5 Å². The van der Waals surface area contributed by atoms with Crippen LogP contribution in [0.3, 0.4) is 0 Å². The maximum absolute atomic E-state index is 14.0. The zero-order valence-electron chi connectivity index (χ0n) is 18.7. The summed E-state index contributed by atoms with van der Waals surface area (Å²) in [6.07, 6.45) is -0.932. The summed E-state index contributed by atoms with van der Waals surface area (Å²) >= 11 is 0. The summed E-state index contributed by atoms with van der Waals surface area (Å²) in [4.78, 5) is 27.3. The molecule has 28 heavy (non-hydrogen) atoms. The van der Waals surface area contributed by atoms with Gasteiger partial charge in [0, 0.05) is 29.6 Å². The molecule has 0 radical (unpaired) electrons. The van der Waals surface area contributed by atoms with E-state index in [4.69, 9.17) is 5.48 Å². The first kappa shape index (κ1) is 13.9. The monoisotopic (exact) mass is 385 g/mol. The first-order valence-corrected chi connectivity index (χ1v) is 8.81. The molecule has 0 spiro atoms. The van der Waals surface area contributed by atoms with E-state index in [2.05, 4.69) is 15.6 Å². The molecule has 0 aliphatic carbocycles. The van der Waals surface area contributed by atoms with E-state index < -0.39 is 53.9 Å². The summed E-state index contributed by atoms with van der Waals surface area (Å²) in [5.41, 5.74) is 1.41. The summed E-state index contributed by atoms with van der Waals surface area (Å²) in [6, 6.07) is 3.49. The van der Waals surface area contributed by atoms with Gasteiger partial charge in [-0.3, -0.25) is 9.59 Å². The number of aromatic nitrogens is 1. The quantitative estimate of drug-likeness (QED) is 0.540. The fourth-order valence-corrected chi connectivity index (χ4v) is 3.35. The molecule has 1 aromatic heterocycles. The van der Waals surface area contributed by atoms with Gasteiger partial charge in [-0.25, -0.2) is 4.39 Å². The van der Waals surface area contributed by atoms with Crippen molar-refractivity contribution in [3.05, 3.63) is 59.8 Å². The van der Waals surface area contributed by atoms with Gasteiger partial charge >= 0.3 is 0 Å². The van der Waals surface area contributed by atoms with Crippen LogP contribution in [0.2, 0.25) is 0 Å². The number of carbonyl (C=O) groups is 2. The smallest absolute Gasteiger partial charge is 0.245 e. The summed E-state index contributed by atoms with van der Waals surface area (Å²) in [5, 5.41) is 15.5. The number of halogens is 1. The average molecular weight is 385 g/mol. The average Bonchev–Trinajstić information content (AvgIpc) is 3.29. The Balaban J connectivity index is 1.71. The lowest BCUT2D eigenvalue weighted by atomic mass is 10.0. The van der Waals surface area contributed by atoms with Crippen LogP contribution in [0.4, 0.5) is 4.39 Å². The summed E-state index contributed by atoms with van der Waals surface area (Å²) in [6.45, 7) is 0.0599. The summed E-state index contributed by atoms with van der Waals surface area (Å²) in [5.74, 6) is -2.16. The molecule has 0 bridgehead atoms. The van der Waals surface area contributed by atoms with Crippen molar-refractivity contribution >= 4 is 22.7 Å². The van der Waals surface area contributed by atoms with Gasteiger partial charge in [-0.05, 0) is 47.8 Å². The molecule has 4 N–H and O–H groups in total. The standard InChI is InChI=1S/C21H20FN3O3/c22-13-7-5-12(6-8-13)19-15(14-3-1-2-4-16(14)24-19)9-10-18(27)25-20-17(26)11-23-21(20)28/h1-8,17,20,24,26H,9-11H2,(H,23,28)(H,25,27)/t17-,20+/m1/s1/i5D,6D,7D,8D. The number of aromatic amines is 1. The Bertz CT molecular complexity index is 1220. The van der Waals surface area contributed by atoms with Crippen molar-refractivity contribution in [2.75, 3.05) is 6.54 Å². The minimum absolute atomic E-state index is 0.0599. The molecule has 1 fully saturated rings. The van der Waals surface area contributed by atoms with E-state index in [1.54, 1.807) is 24.3 Å². The third kappa shape index (κ3) is 3.48. The van der Waals surface area contributed by atoms with Crippen LogP contribution in [-0.4, -0.2) is 40.6 Å². The van der Waals surface area contributed by atoms with Crippen molar-refractivity contribution in [3.63, 3.8) is 0 Å². The largest absolute Gasteiger partial charge is 0.389 e. The maximum Gasteiger partial charge on any atom is 0.245 e. The van der Waals surface area contributed by atoms with Gasteiger partial charge in [0.1, 0.15) is 18.0 Å². The molecule has 7 heteroatoms. The minimum Gasteiger partial charge on any atom is -0.389 e. The van der Waals surface area contributed by atoms with Gasteiger partial charge in [0.25, 0.3) is 0 Å². The van der Waals surface area contributed by atoms with Gasteiger partial charge in [-0.15, -0.1) is 0 Å². The number of nitrogens with one attached hydrogen (secondary N) is 3. The molecule has 1 saturated heterocycles. The Morgan fingerprint density at radius 3 is 2.75 bits per heavy atom. The molecule has 6 nitrogen and oxygen atoms in total. The Morgan fingerprint density at radius 2 is 2.04 bits per heavy atom. The van der Waals surface area contributed by atoms with Crippen molar-refractivity contribution in [2.45, 2.75) is 25.0 Å². The third-order valence-corrected chi connectivity index (χ3v) is 4.73. The molecule has 0 saturated carbocycles. The number of aryl methyl sites for hydroxylation is 1. The highest BCUT2D eigenvalue weighted by Gasteiger charge is 2.34. The van der Waals surface area contributed by atoms with Crippen LogP contribution in [0.15, 0.2) is 48.4 Å². The van der Waals surface area contributed by atoms with Crippen molar-refractivity contribution in [1.82, 2.24) is 15.6 Å². The first-order valence-electron chi connectivity index (χ1n) is 10.8. The number of carbonyl (C=O) groups excluding carboxylic acids is 2. The van der Waals surface area contributed by atoms with Crippen LogP contribution in [0.25, 0.3) is 22.2 Å². The molecule has 0 unspecified atom stereocenters. The SMILES string of the molecule is [2H]c1c([2H])c(-c2[nH]c3ccccc3c2CCC(=O)N[C@@H]2C(=O)NC[C@H]2O)c([2H])c([2H])c1F. The second-order valence-corrected chi connectivity index (χ2v) is 6.57. The zero-order valence-corrected chi connectivity index (χ0v) is 14.7. The number of fused-ring (bicyclic) bond motifs is 1. The predicted octanol–water partition coefficient (Wildman–Crippen LogP) is 1.88. The Labute approximate surface area is 166 Å². The van der Waals surface area contributed by atoms with Gasteiger partial charge in [0.05, 0.1) is 5.48 Å². The summed E-state index contributed by atoms with van der Waals surface area (Å²) in [7, 11) is 0. The molecular weight excluding hydrogens is 361 g/mol. The van der Waals surface area contributed by atoms with Gasteiger partial charge in [0.2, 0.25) is 11.8 Å². The van der Waals surface area contributed by atoms with E-state index in [-0.39, 0.29) is 30.6 Å². The number of amides is 2. The van der Waals surface area contributed by atoms with E-state index in [1.807, 2.05) is 0 Å². The number of aliphatic hydroxyl groups excluding tert-OH is 1. The zero-order chi connectivity index (χ0) is 23.2. The van der Waals surface area contributed by atoms with E-state index in [9.17, 15) is 19.1 Å². The number of hydrogen-bond acceptors (Lipinski definition) is 3. The van der Waals surface area contributed by atoms with Crippen LogP contribution in [0, 0.1) is 5.82 Å². The number of H-pyrrole nitrogens is 1. The number of aliphatic hydroxyl groups is 1. The normalized spacial score (nSPS) is 21.0. The number of rotatable bonds is 5. The third-order valence-electron chi connectivity index (χ3n) is 4.73. The molecule has 4 rings (SSSR count). The van der Waals surface area contributed by atoms with Crippen LogP contribution in [-0.2, 0) is 16.0 Å². The fourth-order valence-electron chi connectivity index (χ4n) is 3.35. The van der Waals surface area contributed by atoms with Gasteiger partial charge in [-0.2, -0.15) is 0 Å². The van der Waals surface area contributed by atoms with Gasteiger partial charge < -0.3 is 20.7 Å². The molecule has 2 atom stereocenters. The molecule has 3 aromatic rings. The maximum atomic E-state index is 14.0. The highest BCUT2D eigenvalue weighted by molar-refractivity contribution is 5.92. The lowest BCUT2D eigenvalue weighted by molar-refractivity contribution is -0.128. The molecule has 2 heterocycles. The van der Waals surface area contributed by atoms with Gasteiger partial charge in [-0.1, -0.05) is 18.2 Å². The molecular formula is C21H20FN3O3. The number of benzene rings is 2. The number of β-amino-alcohol motifs (C(OH)–C–C–N with tert-alkyl or cyclic N) is 1. The second-order valence-electron chi connectivity index (χ2n) is 6.57. The Hall–Kier alpha value is -3.19. The second kappa shape index (κ2) is 7.44. The predicted molar refractivity (Wildman–Crippen MR) is 103 cm³/mol. The topological polar surface area (TPSA) is 94.2 Å². The van der Waals surface area contributed by atoms with Crippen molar-refractivity contribution < 1.29 is 24.6 Å². The summed E-state index contributed by atoms with van der Waals surface area (Å²) < 4.78 is 46.0. The highest BCUT2D eigenvalue weighted by atomic mass is 19.1. The van der Waals surface area contributed by atoms with Crippen molar-refractivity contribution in [1.29, 1.82) is 0 Å². The lowest BCUT2D eigenvalue weighted by Crippen LogP contribution is -2.45. The minimum atomic E-state index is -1.23. The lowest BCUT2D eigenvalue weighted by Gasteiger charge is -2.13. The van der Waals surface area contributed by atoms with Crippen molar-refractivity contribution in [2.24, 2.45) is 0 Å². The molecule has 1 aliphatic heterocycles. The molecule has 144 valence electrons. The Morgan fingerprint density at radius 1 is 1.29 bits per heavy atom. The number of hydrogen-bond donors (Lipinski definition) is 4. The van der Waals surface area contributed by atoms with Crippen LogP contribution in [0.5, 0.6) is 0 Å². The molecule has 2 amide bonds. The van der Waals surface area contributed by atoms with Crippen LogP contribution < -0.4 is 10.6 Å². The first-order chi connectivity index (χ1) is 15.2. The highest BCUT2D eigenvalue weighted by Crippen LogP contribution is 2.31. The fraction of sp³-hybridized carbons (Fsp3) is 0.238. The van der Waals surface area contributed by atoms with E-state index >= 15 is 0 Å². The van der Waals surface area contributed by atoms with Crippen molar-refractivity contribution in [3.8, 4) is 11.3 Å².